The standard InChI is InChI=1S/C24H20N6O2S/c1-14-12-16(32-24-25-9-5-10-26-24)7-8-18(14)28-23(31)17-13-19(20-6-4-11-33-20)27-22-21(17)15(2)29-30(22)3/h4-13H,1-3H3,(H,28,31). The van der Waals surface area contributed by atoms with Crippen LogP contribution in [0.3, 0.4) is 0 Å². The van der Waals surface area contributed by atoms with Crippen LogP contribution < -0.4 is 10.1 Å². The van der Waals surface area contributed by atoms with E-state index in [1.54, 1.807) is 46.6 Å². The molecule has 0 aliphatic rings. The average molecular weight is 457 g/mol. The van der Waals surface area contributed by atoms with Gasteiger partial charge < -0.3 is 10.1 Å². The molecule has 0 aliphatic heterocycles. The van der Waals surface area contributed by atoms with Gasteiger partial charge in [0.1, 0.15) is 5.75 Å². The third-order valence-electron chi connectivity index (χ3n) is 5.18. The molecule has 9 heteroatoms. The highest BCUT2D eigenvalue weighted by atomic mass is 32.1. The Labute approximate surface area is 193 Å². The van der Waals surface area contributed by atoms with Gasteiger partial charge >= 0.3 is 6.01 Å². The van der Waals surface area contributed by atoms with E-state index in [1.165, 1.54) is 0 Å². The van der Waals surface area contributed by atoms with Crippen molar-refractivity contribution in [3.8, 4) is 22.3 Å². The minimum Gasteiger partial charge on any atom is -0.424 e. The van der Waals surface area contributed by atoms with E-state index in [9.17, 15) is 4.79 Å². The lowest BCUT2D eigenvalue weighted by Gasteiger charge is -2.12. The number of benzene rings is 1. The summed E-state index contributed by atoms with van der Waals surface area (Å²) in [6, 6.07) is 13.2. The van der Waals surface area contributed by atoms with Gasteiger partial charge in [0.15, 0.2) is 5.65 Å². The molecule has 1 N–H and O–H groups in total. The van der Waals surface area contributed by atoms with Gasteiger partial charge in [-0.25, -0.2) is 15.0 Å². The van der Waals surface area contributed by atoms with Crippen molar-refractivity contribution < 1.29 is 9.53 Å². The number of carbonyl (C=O) groups excluding carboxylic acids is 1. The van der Waals surface area contributed by atoms with Gasteiger partial charge in [-0.1, -0.05) is 6.07 Å². The van der Waals surface area contributed by atoms with Crippen LogP contribution in [0.25, 0.3) is 21.6 Å². The van der Waals surface area contributed by atoms with Crippen LogP contribution in [0.1, 0.15) is 21.6 Å². The van der Waals surface area contributed by atoms with E-state index in [2.05, 4.69) is 20.4 Å². The molecule has 0 saturated carbocycles. The van der Waals surface area contributed by atoms with Gasteiger partial charge in [0.25, 0.3) is 5.91 Å². The Bertz CT molecular complexity index is 1460. The number of aryl methyl sites for hydroxylation is 3. The summed E-state index contributed by atoms with van der Waals surface area (Å²) in [6.07, 6.45) is 3.23. The molecule has 0 bridgehead atoms. The van der Waals surface area contributed by atoms with Crippen molar-refractivity contribution in [3.63, 3.8) is 0 Å². The number of fused-ring (bicyclic) bond motifs is 1. The highest BCUT2D eigenvalue weighted by molar-refractivity contribution is 7.13. The topological polar surface area (TPSA) is 94.8 Å². The molecule has 0 radical (unpaired) electrons. The summed E-state index contributed by atoms with van der Waals surface area (Å²) in [5.74, 6) is 0.366. The second-order valence-electron chi connectivity index (χ2n) is 7.50. The third-order valence-corrected chi connectivity index (χ3v) is 6.08. The molecule has 5 aromatic rings. The van der Waals surface area contributed by atoms with Gasteiger partial charge in [0.05, 0.1) is 27.2 Å². The van der Waals surface area contributed by atoms with Crippen molar-refractivity contribution in [2.24, 2.45) is 7.05 Å². The Morgan fingerprint density at radius 1 is 1.09 bits per heavy atom. The zero-order valence-electron chi connectivity index (χ0n) is 18.2. The van der Waals surface area contributed by atoms with E-state index < -0.39 is 0 Å². The number of hydrogen-bond acceptors (Lipinski definition) is 7. The number of amides is 1. The molecule has 0 atom stereocenters. The largest absolute Gasteiger partial charge is 0.424 e. The van der Waals surface area contributed by atoms with Gasteiger partial charge in [0, 0.05) is 25.1 Å². The molecular formula is C24H20N6O2S. The summed E-state index contributed by atoms with van der Waals surface area (Å²) >= 11 is 1.58. The maximum absolute atomic E-state index is 13.4. The molecule has 1 aromatic carbocycles. The first-order valence-electron chi connectivity index (χ1n) is 10.2. The summed E-state index contributed by atoms with van der Waals surface area (Å²) in [5, 5.41) is 10.2. The molecule has 4 heterocycles. The molecule has 33 heavy (non-hydrogen) atoms. The number of ether oxygens (including phenoxy) is 1. The zero-order valence-corrected chi connectivity index (χ0v) is 19.1. The molecule has 1 amide bonds. The van der Waals surface area contributed by atoms with Crippen LogP contribution in [0.4, 0.5) is 5.69 Å². The number of hydrogen-bond donors (Lipinski definition) is 1. The first-order chi connectivity index (χ1) is 16.0. The molecule has 0 aliphatic carbocycles. The van der Waals surface area contributed by atoms with E-state index in [1.807, 2.05) is 50.5 Å². The molecule has 0 spiro atoms. The van der Waals surface area contributed by atoms with Crippen LogP contribution >= 0.6 is 11.3 Å². The van der Waals surface area contributed by atoms with Crippen molar-refractivity contribution in [2.45, 2.75) is 13.8 Å². The van der Waals surface area contributed by atoms with Crippen molar-refractivity contribution in [2.75, 3.05) is 5.32 Å². The van der Waals surface area contributed by atoms with Crippen molar-refractivity contribution in [1.82, 2.24) is 24.7 Å². The fourth-order valence-electron chi connectivity index (χ4n) is 3.65. The minimum absolute atomic E-state index is 0.223. The van der Waals surface area contributed by atoms with E-state index in [0.717, 1.165) is 27.2 Å². The predicted octanol–water partition coefficient (Wildman–Crippen LogP) is 5.15. The quantitative estimate of drug-likeness (QED) is 0.393. The van der Waals surface area contributed by atoms with Crippen molar-refractivity contribution in [3.05, 3.63) is 77.1 Å². The van der Waals surface area contributed by atoms with E-state index in [-0.39, 0.29) is 11.9 Å². The van der Waals surface area contributed by atoms with Crippen molar-refractivity contribution in [1.29, 1.82) is 0 Å². The SMILES string of the molecule is Cc1cc(Oc2ncccn2)ccc1NC(=O)c1cc(-c2cccs2)nc2c1c(C)nn2C. The summed E-state index contributed by atoms with van der Waals surface area (Å²) < 4.78 is 7.39. The van der Waals surface area contributed by atoms with Crippen LogP contribution in [0, 0.1) is 13.8 Å². The molecule has 4 aromatic heterocycles. The maximum Gasteiger partial charge on any atom is 0.321 e. The lowest BCUT2D eigenvalue weighted by molar-refractivity contribution is 0.102. The van der Waals surface area contributed by atoms with E-state index in [0.29, 0.717) is 22.6 Å². The maximum atomic E-state index is 13.4. The average Bonchev–Trinajstić information content (AvgIpc) is 3.44. The van der Waals surface area contributed by atoms with E-state index >= 15 is 0 Å². The number of carbonyl (C=O) groups is 1. The predicted molar refractivity (Wildman–Crippen MR) is 128 cm³/mol. The highest BCUT2D eigenvalue weighted by Crippen LogP contribution is 2.30. The van der Waals surface area contributed by atoms with Gasteiger partial charge in [-0.3, -0.25) is 9.48 Å². The number of pyridine rings is 1. The monoisotopic (exact) mass is 456 g/mol. The molecule has 0 unspecified atom stereocenters. The fraction of sp³-hybridized carbons (Fsp3) is 0.125. The van der Waals surface area contributed by atoms with Crippen LogP contribution in [0.2, 0.25) is 0 Å². The normalized spacial score (nSPS) is 11.0. The Hall–Kier alpha value is -4.11. The number of nitrogens with one attached hydrogen (secondary N) is 1. The molecule has 8 nitrogen and oxygen atoms in total. The molecule has 0 fully saturated rings. The van der Waals surface area contributed by atoms with Crippen LogP contribution in [-0.4, -0.2) is 30.6 Å². The second kappa shape index (κ2) is 8.44. The van der Waals surface area contributed by atoms with Gasteiger partial charge in [0.2, 0.25) is 0 Å². The first kappa shape index (κ1) is 20.8. The van der Waals surface area contributed by atoms with Crippen LogP contribution in [0.15, 0.2) is 60.2 Å². The summed E-state index contributed by atoms with van der Waals surface area (Å²) in [5.41, 5.74) is 4.24. The number of rotatable bonds is 5. The van der Waals surface area contributed by atoms with Crippen LogP contribution in [0.5, 0.6) is 11.8 Å². The highest BCUT2D eigenvalue weighted by Gasteiger charge is 2.20. The van der Waals surface area contributed by atoms with Gasteiger partial charge in [-0.05, 0) is 61.2 Å². The number of anilines is 1. The van der Waals surface area contributed by atoms with Gasteiger partial charge in [-0.2, -0.15) is 5.10 Å². The second-order valence-corrected chi connectivity index (χ2v) is 8.45. The number of aromatic nitrogens is 5. The van der Waals surface area contributed by atoms with E-state index in [4.69, 9.17) is 9.72 Å². The van der Waals surface area contributed by atoms with Crippen molar-refractivity contribution >= 4 is 34.0 Å². The summed E-state index contributed by atoms with van der Waals surface area (Å²) in [7, 11) is 1.83. The van der Waals surface area contributed by atoms with Crippen LogP contribution in [-0.2, 0) is 7.05 Å². The first-order valence-corrected chi connectivity index (χ1v) is 11.1. The molecule has 164 valence electrons. The Kier molecular flexibility index (Phi) is 5.31. The Morgan fingerprint density at radius 3 is 2.64 bits per heavy atom. The fourth-order valence-corrected chi connectivity index (χ4v) is 4.33. The Morgan fingerprint density at radius 2 is 1.91 bits per heavy atom. The summed E-state index contributed by atoms with van der Waals surface area (Å²) in [6.45, 7) is 3.79. The molecule has 5 rings (SSSR count). The molecular weight excluding hydrogens is 436 g/mol. The lowest BCUT2D eigenvalue weighted by atomic mass is 10.1. The minimum atomic E-state index is -0.223. The third kappa shape index (κ3) is 4.06. The number of nitrogens with zero attached hydrogens (tertiary/aromatic N) is 5. The summed E-state index contributed by atoms with van der Waals surface area (Å²) in [4.78, 5) is 27.3. The zero-order chi connectivity index (χ0) is 22.9. The smallest absolute Gasteiger partial charge is 0.321 e. The van der Waals surface area contributed by atoms with Gasteiger partial charge in [-0.15, -0.1) is 11.3 Å². The lowest BCUT2D eigenvalue weighted by Crippen LogP contribution is -2.14. The Balaban J connectivity index is 1.48. The molecule has 0 saturated heterocycles. The number of thiophene rings is 1.